The van der Waals surface area contributed by atoms with Crippen LogP contribution >= 0.6 is 33.9 Å². The first-order valence-corrected chi connectivity index (χ1v) is 7.62. The Morgan fingerprint density at radius 1 is 1.28 bits per heavy atom. The Morgan fingerprint density at radius 3 is 2.33 bits per heavy atom. The van der Waals surface area contributed by atoms with Gasteiger partial charge < -0.3 is 4.74 Å². The van der Waals surface area contributed by atoms with Crippen molar-refractivity contribution < 1.29 is 18.1 Å². The standard InChI is InChI=1S/C8H6Cl3NO5S/c9-5-3-7(12(13)14)8(4-6(5)10)17-1-2-18(11,15)16/h3-4H,1-2H2. The van der Waals surface area contributed by atoms with Crippen molar-refractivity contribution in [1.82, 2.24) is 0 Å². The molecule has 1 aromatic carbocycles. The second kappa shape index (κ2) is 5.92. The Hall–Kier alpha value is -0.760. The summed E-state index contributed by atoms with van der Waals surface area (Å²) >= 11 is 11.3. The summed E-state index contributed by atoms with van der Waals surface area (Å²) in [5.41, 5.74) is -0.406. The van der Waals surface area contributed by atoms with E-state index >= 15 is 0 Å². The van der Waals surface area contributed by atoms with Crippen LogP contribution in [0.15, 0.2) is 12.1 Å². The van der Waals surface area contributed by atoms with E-state index in [9.17, 15) is 18.5 Å². The molecule has 0 radical (unpaired) electrons. The van der Waals surface area contributed by atoms with E-state index in [4.69, 9.17) is 38.6 Å². The lowest BCUT2D eigenvalue weighted by molar-refractivity contribution is -0.385. The van der Waals surface area contributed by atoms with Crippen LogP contribution in [0, 0.1) is 10.1 Å². The number of halogens is 3. The van der Waals surface area contributed by atoms with Gasteiger partial charge >= 0.3 is 5.69 Å². The molecule has 0 unspecified atom stereocenters. The van der Waals surface area contributed by atoms with Gasteiger partial charge in [-0.1, -0.05) is 23.2 Å². The molecule has 1 rings (SSSR count). The van der Waals surface area contributed by atoms with Crippen LogP contribution in [-0.4, -0.2) is 25.7 Å². The molecule has 0 fully saturated rings. The zero-order valence-corrected chi connectivity index (χ0v) is 11.7. The molecule has 6 nitrogen and oxygen atoms in total. The summed E-state index contributed by atoms with van der Waals surface area (Å²) in [6, 6.07) is 2.16. The molecular weight excluding hydrogens is 329 g/mol. The van der Waals surface area contributed by atoms with E-state index in [2.05, 4.69) is 0 Å². The van der Waals surface area contributed by atoms with Gasteiger partial charge in [0.2, 0.25) is 9.05 Å². The molecule has 10 heteroatoms. The average molecular weight is 335 g/mol. The second-order valence-electron chi connectivity index (χ2n) is 3.08. The van der Waals surface area contributed by atoms with E-state index < -0.39 is 25.4 Å². The summed E-state index contributed by atoms with van der Waals surface area (Å²) in [6.07, 6.45) is 0. The molecule has 0 aromatic heterocycles. The number of nitro groups is 1. The largest absolute Gasteiger partial charge is 0.486 e. The van der Waals surface area contributed by atoms with Crippen LogP contribution in [0.5, 0.6) is 5.75 Å². The first kappa shape index (κ1) is 15.3. The predicted molar refractivity (Wildman–Crippen MR) is 68.3 cm³/mol. The fourth-order valence-electron chi connectivity index (χ4n) is 1.03. The molecule has 18 heavy (non-hydrogen) atoms. The Balaban J connectivity index is 2.94. The van der Waals surface area contributed by atoms with Crippen molar-refractivity contribution in [3.05, 3.63) is 32.3 Å². The topological polar surface area (TPSA) is 86.5 Å². The normalized spacial score (nSPS) is 11.3. The number of rotatable bonds is 5. The predicted octanol–water partition coefficient (Wildman–Crippen LogP) is 2.85. The second-order valence-corrected chi connectivity index (χ2v) is 6.79. The van der Waals surface area contributed by atoms with Gasteiger partial charge in [0, 0.05) is 22.8 Å². The van der Waals surface area contributed by atoms with Gasteiger partial charge in [-0.25, -0.2) is 8.42 Å². The maximum Gasteiger partial charge on any atom is 0.312 e. The highest BCUT2D eigenvalue weighted by atomic mass is 35.7. The number of nitrogens with zero attached hydrogens (tertiary/aromatic N) is 1. The van der Waals surface area contributed by atoms with Crippen molar-refractivity contribution in [2.45, 2.75) is 0 Å². The number of hydrogen-bond donors (Lipinski definition) is 0. The summed E-state index contributed by atoms with van der Waals surface area (Å²) in [5, 5.41) is 10.8. The minimum atomic E-state index is -3.73. The highest BCUT2D eigenvalue weighted by Gasteiger charge is 2.19. The van der Waals surface area contributed by atoms with Gasteiger partial charge in [-0.2, -0.15) is 0 Å². The molecule has 0 spiro atoms. The van der Waals surface area contributed by atoms with Gasteiger partial charge in [0.25, 0.3) is 0 Å². The number of hydrogen-bond acceptors (Lipinski definition) is 5. The molecule has 0 saturated carbocycles. The fourth-order valence-corrected chi connectivity index (χ4v) is 1.81. The van der Waals surface area contributed by atoms with Gasteiger partial charge in [-0.05, 0) is 0 Å². The van der Waals surface area contributed by atoms with Crippen molar-refractivity contribution in [2.75, 3.05) is 12.4 Å². The van der Waals surface area contributed by atoms with E-state index in [1.54, 1.807) is 0 Å². The first-order chi connectivity index (χ1) is 8.20. The first-order valence-electron chi connectivity index (χ1n) is 4.39. The van der Waals surface area contributed by atoms with Crippen LogP contribution in [0.4, 0.5) is 5.69 Å². The monoisotopic (exact) mass is 333 g/mol. The minimum absolute atomic E-state index is 0.000631. The Labute approximate surface area is 117 Å². The molecule has 0 aliphatic heterocycles. The van der Waals surface area contributed by atoms with Crippen molar-refractivity contribution in [3.8, 4) is 5.75 Å². The number of benzene rings is 1. The van der Waals surface area contributed by atoms with E-state index in [0.29, 0.717) is 0 Å². The summed E-state index contributed by atoms with van der Waals surface area (Å²) in [7, 11) is 1.24. The molecule has 0 aliphatic rings. The van der Waals surface area contributed by atoms with Gasteiger partial charge in [0.05, 0.1) is 20.7 Å². The fraction of sp³-hybridized carbons (Fsp3) is 0.250. The third-order valence-electron chi connectivity index (χ3n) is 1.78. The summed E-state index contributed by atoms with van der Waals surface area (Å²) in [4.78, 5) is 10.0. The lowest BCUT2D eigenvalue weighted by atomic mass is 10.3. The minimum Gasteiger partial charge on any atom is -0.486 e. The number of ether oxygens (including phenoxy) is 1. The van der Waals surface area contributed by atoms with Crippen molar-refractivity contribution >= 4 is 48.6 Å². The van der Waals surface area contributed by atoms with Gasteiger partial charge in [-0.3, -0.25) is 10.1 Å². The Kier molecular flexibility index (Phi) is 5.03. The molecule has 0 N–H and O–H groups in total. The highest BCUT2D eigenvalue weighted by molar-refractivity contribution is 8.13. The zero-order chi connectivity index (χ0) is 13.9. The zero-order valence-electron chi connectivity index (χ0n) is 8.60. The molecule has 0 aliphatic carbocycles. The lowest BCUT2D eigenvalue weighted by Crippen LogP contribution is -2.09. The summed E-state index contributed by atoms with van der Waals surface area (Å²) in [6.45, 7) is -0.329. The smallest absolute Gasteiger partial charge is 0.312 e. The molecule has 1 aromatic rings. The Morgan fingerprint density at radius 2 is 1.83 bits per heavy atom. The number of nitro benzene ring substituents is 1. The van der Waals surface area contributed by atoms with Crippen LogP contribution < -0.4 is 4.74 Å². The van der Waals surface area contributed by atoms with Gasteiger partial charge in [0.1, 0.15) is 6.61 Å². The van der Waals surface area contributed by atoms with Crippen molar-refractivity contribution in [3.63, 3.8) is 0 Å². The third kappa shape index (κ3) is 4.49. The quantitative estimate of drug-likeness (QED) is 0.469. The molecule has 0 saturated heterocycles. The highest BCUT2D eigenvalue weighted by Crippen LogP contribution is 2.35. The van der Waals surface area contributed by atoms with Crippen LogP contribution in [0.25, 0.3) is 0 Å². The molecule has 100 valence electrons. The van der Waals surface area contributed by atoms with Gasteiger partial charge in [0.15, 0.2) is 5.75 Å². The van der Waals surface area contributed by atoms with Crippen LogP contribution in [0.3, 0.4) is 0 Å². The molecule has 0 atom stereocenters. The maximum absolute atomic E-state index is 10.7. The summed E-state index contributed by atoms with van der Waals surface area (Å²) < 4.78 is 26.3. The molecule has 0 bridgehead atoms. The van der Waals surface area contributed by atoms with Crippen molar-refractivity contribution in [2.24, 2.45) is 0 Å². The van der Waals surface area contributed by atoms with Crippen LogP contribution in [-0.2, 0) is 9.05 Å². The van der Waals surface area contributed by atoms with Crippen LogP contribution in [0.2, 0.25) is 10.0 Å². The van der Waals surface area contributed by atoms with E-state index in [1.165, 1.54) is 0 Å². The van der Waals surface area contributed by atoms with E-state index in [-0.39, 0.29) is 22.4 Å². The average Bonchev–Trinajstić information content (AvgIpc) is 2.20. The van der Waals surface area contributed by atoms with Crippen molar-refractivity contribution in [1.29, 1.82) is 0 Å². The van der Waals surface area contributed by atoms with Crippen LogP contribution in [0.1, 0.15) is 0 Å². The molecule has 0 amide bonds. The third-order valence-corrected chi connectivity index (χ3v) is 3.62. The molecular formula is C8H6Cl3NO5S. The SMILES string of the molecule is O=[N+]([O-])c1cc(Cl)c(Cl)cc1OCCS(=O)(=O)Cl. The van der Waals surface area contributed by atoms with Gasteiger partial charge in [-0.15, -0.1) is 0 Å². The molecule has 0 heterocycles. The lowest BCUT2D eigenvalue weighted by Gasteiger charge is -2.06. The van der Waals surface area contributed by atoms with E-state index in [0.717, 1.165) is 12.1 Å². The maximum atomic E-state index is 10.7. The summed E-state index contributed by atoms with van der Waals surface area (Å²) in [5.74, 6) is -0.652. The Bertz CT molecular complexity index is 574. The van der Waals surface area contributed by atoms with E-state index in [1.807, 2.05) is 0 Å².